The number of thiazole rings is 1. The topological polar surface area (TPSA) is 47.0 Å². The molecule has 4 rings (SSSR count). The zero-order valence-corrected chi connectivity index (χ0v) is 17.6. The lowest BCUT2D eigenvalue weighted by Gasteiger charge is -2.29. The fraction of sp³-hybridized carbons (Fsp3) is 0.333. The lowest BCUT2D eigenvalue weighted by Crippen LogP contribution is -2.25. The van der Waals surface area contributed by atoms with Crippen LogP contribution in [-0.4, -0.2) is 16.1 Å². The SMILES string of the molecule is Clc1cccc(OC2CCC(Cc3cccc(Nc4nccs4)n3)CC2)c1Cl. The minimum absolute atomic E-state index is 0.193. The average Bonchev–Trinajstić information content (AvgIpc) is 3.20. The Morgan fingerprint density at radius 1 is 1.07 bits per heavy atom. The molecule has 2 aromatic heterocycles. The van der Waals surface area contributed by atoms with Crippen molar-refractivity contribution in [3.05, 3.63) is 63.7 Å². The van der Waals surface area contributed by atoms with Crippen molar-refractivity contribution in [1.82, 2.24) is 9.97 Å². The summed E-state index contributed by atoms with van der Waals surface area (Å²) in [6, 6.07) is 11.6. The van der Waals surface area contributed by atoms with E-state index >= 15 is 0 Å². The maximum Gasteiger partial charge on any atom is 0.188 e. The number of ether oxygens (including phenoxy) is 1. The molecule has 0 saturated heterocycles. The van der Waals surface area contributed by atoms with E-state index in [0.29, 0.717) is 21.7 Å². The van der Waals surface area contributed by atoms with Gasteiger partial charge in [-0.05, 0) is 62.3 Å². The molecule has 28 heavy (non-hydrogen) atoms. The summed E-state index contributed by atoms with van der Waals surface area (Å²) in [5, 5.41) is 7.10. The minimum Gasteiger partial charge on any atom is -0.489 e. The molecule has 1 fully saturated rings. The molecule has 0 amide bonds. The Hall–Kier alpha value is -1.82. The second-order valence-corrected chi connectivity index (χ2v) is 8.67. The van der Waals surface area contributed by atoms with Crippen LogP contribution < -0.4 is 10.1 Å². The molecule has 0 bridgehead atoms. The number of nitrogens with zero attached hydrogens (tertiary/aromatic N) is 2. The fourth-order valence-electron chi connectivity index (χ4n) is 3.56. The maximum atomic E-state index is 6.24. The Morgan fingerprint density at radius 2 is 1.89 bits per heavy atom. The van der Waals surface area contributed by atoms with Gasteiger partial charge in [0.2, 0.25) is 0 Å². The fourth-order valence-corrected chi connectivity index (χ4v) is 4.43. The highest BCUT2D eigenvalue weighted by atomic mass is 35.5. The van der Waals surface area contributed by atoms with Crippen LogP contribution in [0.1, 0.15) is 31.4 Å². The van der Waals surface area contributed by atoms with E-state index in [0.717, 1.165) is 48.7 Å². The molecule has 1 aliphatic carbocycles. The van der Waals surface area contributed by atoms with Gasteiger partial charge in [-0.25, -0.2) is 9.97 Å². The number of hydrogen-bond donors (Lipinski definition) is 1. The van der Waals surface area contributed by atoms with Gasteiger partial charge < -0.3 is 10.1 Å². The van der Waals surface area contributed by atoms with Crippen LogP contribution in [0.3, 0.4) is 0 Å². The molecule has 0 atom stereocenters. The summed E-state index contributed by atoms with van der Waals surface area (Å²) in [4.78, 5) is 8.99. The Balaban J connectivity index is 1.30. The van der Waals surface area contributed by atoms with Gasteiger partial charge in [0.25, 0.3) is 0 Å². The summed E-state index contributed by atoms with van der Waals surface area (Å²) in [5.74, 6) is 2.15. The molecule has 146 valence electrons. The third-order valence-corrected chi connectivity index (χ3v) is 6.47. The number of aromatic nitrogens is 2. The van der Waals surface area contributed by atoms with Gasteiger partial charge in [-0.3, -0.25) is 0 Å². The van der Waals surface area contributed by atoms with E-state index in [1.165, 1.54) is 0 Å². The van der Waals surface area contributed by atoms with E-state index in [4.69, 9.17) is 32.9 Å². The van der Waals surface area contributed by atoms with Crippen LogP contribution in [0.4, 0.5) is 10.9 Å². The van der Waals surface area contributed by atoms with Crippen molar-refractivity contribution in [3.8, 4) is 5.75 Å². The number of anilines is 2. The highest BCUT2D eigenvalue weighted by Gasteiger charge is 2.24. The molecule has 0 unspecified atom stereocenters. The number of halogens is 2. The van der Waals surface area contributed by atoms with Crippen molar-refractivity contribution in [2.75, 3.05) is 5.32 Å². The molecule has 4 nitrogen and oxygen atoms in total. The van der Waals surface area contributed by atoms with Crippen LogP contribution in [0, 0.1) is 5.92 Å². The second kappa shape index (κ2) is 9.12. The van der Waals surface area contributed by atoms with Gasteiger partial charge in [0.15, 0.2) is 5.13 Å². The van der Waals surface area contributed by atoms with E-state index in [2.05, 4.69) is 16.4 Å². The summed E-state index contributed by atoms with van der Waals surface area (Å²) >= 11 is 13.9. The normalized spacial score (nSPS) is 19.4. The molecule has 1 aromatic carbocycles. The molecule has 0 radical (unpaired) electrons. The van der Waals surface area contributed by atoms with Crippen molar-refractivity contribution < 1.29 is 4.74 Å². The molecular formula is C21H21Cl2N3OS. The predicted molar refractivity (Wildman–Crippen MR) is 116 cm³/mol. The van der Waals surface area contributed by atoms with Crippen LogP contribution >= 0.6 is 34.5 Å². The van der Waals surface area contributed by atoms with E-state index in [1.54, 1.807) is 23.6 Å². The predicted octanol–water partition coefficient (Wildman–Crippen LogP) is 6.77. The lowest BCUT2D eigenvalue weighted by atomic mass is 9.84. The van der Waals surface area contributed by atoms with Crippen molar-refractivity contribution in [2.24, 2.45) is 5.92 Å². The number of rotatable bonds is 6. The molecule has 0 spiro atoms. The standard InChI is InChI=1S/C21H21Cl2N3OS/c22-17-4-2-5-18(20(17)23)27-16-9-7-14(8-10-16)13-15-3-1-6-19(25-15)26-21-24-11-12-28-21/h1-6,11-12,14,16H,7-10,13H2,(H,24,25,26). The molecule has 3 aromatic rings. The van der Waals surface area contributed by atoms with Crippen LogP contribution in [0.15, 0.2) is 48.0 Å². The largest absolute Gasteiger partial charge is 0.489 e. The Morgan fingerprint density at radius 3 is 2.68 bits per heavy atom. The quantitative estimate of drug-likeness (QED) is 0.465. The lowest BCUT2D eigenvalue weighted by molar-refractivity contribution is 0.131. The second-order valence-electron chi connectivity index (χ2n) is 6.99. The molecule has 7 heteroatoms. The number of benzene rings is 1. The third-order valence-electron chi connectivity index (χ3n) is 4.98. The number of nitrogens with one attached hydrogen (secondary N) is 1. The first-order valence-corrected chi connectivity index (χ1v) is 11.0. The average molecular weight is 434 g/mol. The van der Waals surface area contributed by atoms with Gasteiger partial charge in [-0.2, -0.15) is 0 Å². The van der Waals surface area contributed by atoms with Crippen LogP contribution in [0.5, 0.6) is 5.75 Å². The summed E-state index contributed by atoms with van der Waals surface area (Å²) in [6.45, 7) is 0. The van der Waals surface area contributed by atoms with Gasteiger partial charge in [0.05, 0.1) is 11.1 Å². The summed E-state index contributed by atoms with van der Waals surface area (Å²) < 4.78 is 6.10. The van der Waals surface area contributed by atoms with E-state index in [-0.39, 0.29) is 6.10 Å². The molecule has 0 aliphatic heterocycles. The third kappa shape index (κ3) is 4.96. The molecule has 1 N–H and O–H groups in total. The van der Waals surface area contributed by atoms with Crippen molar-refractivity contribution in [1.29, 1.82) is 0 Å². The van der Waals surface area contributed by atoms with E-state index in [9.17, 15) is 0 Å². The van der Waals surface area contributed by atoms with Gasteiger partial charge >= 0.3 is 0 Å². The zero-order chi connectivity index (χ0) is 19.3. The van der Waals surface area contributed by atoms with Gasteiger partial charge in [-0.15, -0.1) is 11.3 Å². The highest BCUT2D eigenvalue weighted by Crippen LogP contribution is 2.35. The van der Waals surface area contributed by atoms with Gasteiger partial charge in [-0.1, -0.05) is 35.3 Å². The van der Waals surface area contributed by atoms with Crippen molar-refractivity contribution in [3.63, 3.8) is 0 Å². The van der Waals surface area contributed by atoms with Crippen LogP contribution in [0.25, 0.3) is 0 Å². The summed E-state index contributed by atoms with van der Waals surface area (Å²) in [7, 11) is 0. The summed E-state index contributed by atoms with van der Waals surface area (Å²) in [6.07, 6.45) is 7.24. The molecule has 1 aliphatic rings. The van der Waals surface area contributed by atoms with Gasteiger partial charge in [0, 0.05) is 17.3 Å². The van der Waals surface area contributed by atoms with Crippen LogP contribution in [-0.2, 0) is 6.42 Å². The minimum atomic E-state index is 0.193. The van der Waals surface area contributed by atoms with Crippen molar-refractivity contribution >= 4 is 45.5 Å². The summed E-state index contributed by atoms with van der Waals surface area (Å²) in [5.41, 5.74) is 1.11. The Kier molecular flexibility index (Phi) is 6.35. The monoisotopic (exact) mass is 433 g/mol. The molecular weight excluding hydrogens is 413 g/mol. The first kappa shape index (κ1) is 19.5. The Labute approximate surface area is 178 Å². The van der Waals surface area contributed by atoms with E-state index in [1.807, 2.05) is 29.6 Å². The molecule has 2 heterocycles. The Bertz CT molecular complexity index is 912. The van der Waals surface area contributed by atoms with Crippen LogP contribution in [0.2, 0.25) is 10.0 Å². The highest BCUT2D eigenvalue weighted by molar-refractivity contribution is 7.13. The molecule has 1 saturated carbocycles. The van der Waals surface area contributed by atoms with Gasteiger partial charge in [0.1, 0.15) is 16.6 Å². The first-order valence-electron chi connectivity index (χ1n) is 9.40. The van der Waals surface area contributed by atoms with E-state index < -0.39 is 0 Å². The maximum absolute atomic E-state index is 6.24. The zero-order valence-electron chi connectivity index (χ0n) is 15.3. The first-order chi connectivity index (χ1) is 13.7. The number of pyridine rings is 1. The smallest absolute Gasteiger partial charge is 0.188 e. The number of hydrogen-bond acceptors (Lipinski definition) is 5. The van der Waals surface area contributed by atoms with Crippen molar-refractivity contribution in [2.45, 2.75) is 38.2 Å².